The van der Waals surface area contributed by atoms with Crippen molar-refractivity contribution >= 4 is 18.0 Å². The second-order valence-corrected chi connectivity index (χ2v) is 6.61. The minimum atomic E-state index is -0.304. The summed E-state index contributed by atoms with van der Waals surface area (Å²) in [6.45, 7) is 10.3. The molecule has 5 heteroatoms. The molecule has 0 aliphatic carbocycles. The largest absolute Gasteiger partial charge is 0.508 e. The van der Waals surface area contributed by atoms with Crippen molar-refractivity contribution in [3.05, 3.63) is 96.1 Å². The zero-order valence-electron chi connectivity index (χ0n) is 18.3. The van der Waals surface area contributed by atoms with E-state index in [1.54, 1.807) is 42.5 Å². The summed E-state index contributed by atoms with van der Waals surface area (Å²) >= 11 is 0. The van der Waals surface area contributed by atoms with E-state index in [9.17, 15) is 9.59 Å². The van der Waals surface area contributed by atoms with Gasteiger partial charge in [-0.05, 0) is 55.8 Å². The summed E-state index contributed by atoms with van der Waals surface area (Å²) in [4.78, 5) is 21.0. The molecule has 37 heavy (non-hydrogen) atoms. The first kappa shape index (κ1) is 46.5. The van der Waals surface area contributed by atoms with Gasteiger partial charge in [-0.1, -0.05) is 105 Å². The van der Waals surface area contributed by atoms with Crippen molar-refractivity contribution in [1.82, 2.24) is 0 Å². The first-order valence-electron chi connectivity index (χ1n) is 9.61. The molecular weight excluding hydrogens is 464 g/mol. The number of carbonyl (C=O) groups is 2. The van der Waals surface area contributed by atoms with Crippen molar-refractivity contribution in [2.24, 2.45) is 0 Å². The van der Waals surface area contributed by atoms with Gasteiger partial charge in [0, 0.05) is 13.8 Å². The maximum absolute atomic E-state index is 10.5. The first-order chi connectivity index (χ1) is 14.7. The van der Waals surface area contributed by atoms with Crippen LogP contribution in [0.3, 0.4) is 0 Å². The predicted molar refractivity (Wildman–Crippen MR) is 164 cm³/mol. The lowest BCUT2D eigenvalue weighted by molar-refractivity contribution is -0.132. The number of carbonyl (C=O) groups excluding carboxylic acids is 2. The van der Waals surface area contributed by atoms with Crippen molar-refractivity contribution in [2.75, 3.05) is 0 Å². The number of phenols is 1. The molecule has 0 spiro atoms. The van der Waals surface area contributed by atoms with Gasteiger partial charge in [0.2, 0.25) is 0 Å². The number of phenolic OH excluding ortho intramolecular Hbond substituents is 1. The zero-order chi connectivity index (χ0) is 23.2. The number of benzene rings is 3. The molecule has 0 heterocycles. The molecule has 0 aromatic heterocycles. The smallest absolute Gasteiger partial charge is 0.308 e. The first-order valence-corrected chi connectivity index (χ1v) is 9.61. The lowest BCUT2D eigenvalue weighted by atomic mass is 10.2. The normalized spacial score (nSPS) is 7.68. The van der Waals surface area contributed by atoms with Crippen LogP contribution in [0, 0.1) is 13.8 Å². The van der Waals surface area contributed by atoms with Gasteiger partial charge < -0.3 is 14.6 Å². The Morgan fingerprint density at radius 1 is 0.622 bits per heavy atom. The van der Waals surface area contributed by atoms with Crippen molar-refractivity contribution < 1.29 is 24.2 Å². The van der Waals surface area contributed by atoms with E-state index in [2.05, 4.69) is 6.58 Å². The summed E-state index contributed by atoms with van der Waals surface area (Å²) in [5.41, 5.74) is 3.33. The molecule has 0 fully saturated rings. The molecule has 3 aromatic carbocycles. The molecule has 0 aliphatic heterocycles. The van der Waals surface area contributed by atoms with Gasteiger partial charge in [0.25, 0.3) is 0 Å². The topological polar surface area (TPSA) is 72.8 Å². The molecule has 5 nitrogen and oxygen atoms in total. The van der Waals surface area contributed by atoms with E-state index in [4.69, 9.17) is 14.6 Å². The SMILES string of the molecule is C.C.C.C.C.C.C=Cc1ccc(OC(C)=O)cc1.CC(=O)Oc1ccc(C)cc1.Cc1ccc(O)cc1. The highest BCUT2D eigenvalue weighted by Crippen LogP contribution is 2.13. The van der Waals surface area contributed by atoms with Crippen LogP contribution in [0.1, 0.15) is 75.1 Å². The van der Waals surface area contributed by atoms with Crippen LogP contribution in [0.4, 0.5) is 0 Å². The number of ether oxygens (including phenoxy) is 2. The van der Waals surface area contributed by atoms with Crippen LogP contribution in [0.15, 0.2) is 79.4 Å². The highest BCUT2D eigenvalue weighted by molar-refractivity contribution is 5.69. The molecule has 0 aliphatic rings. The third kappa shape index (κ3) is 22.4. The number of aromatic hydroxyl groups is 1. The second-order valence-electron chi connectivity index (χ2n) is 6.61. The fourth-order valence-electron chi connectivity index (χ4n) is 2.15. The predicted octanol–water partition coefficient (Wildman–Crippen LogP) is 9.69. The summed E-state index contributed by atoms with van der Waals surface area (Å²) in [6.07, 6.45) is 1.73. The molecule has 3 aromatic rings. The van der Waals surface area contributed by atoms with Crippen LogP contribution in [0.25, 0.3) is 6.08 Å². The fraction of sp³-hybridized carbons (Fsp3) is 0.312. The fourth-order valence-corrected chi connectivity index (χ4v) is 2.15. The number of hydrogen-bond donors (Lipinski definition) is 1. The van der Waals surface area contributed by atoms with Crippen molar-refractivity contribution in [1.29, 1.82) is 0 Å². The Bertz CT molecular complexity index is 937. The van der Waals surface area contributed by atoms with Crippen molar-refractivity contribution in [3.63, 3.8) is 0 Å². The summed E-state index contributed by atoms with van der Waals surface area (Å²) in [5.74, 6) is 0.905. The Kier molecular flexibility index (Phi) is 31.7. The van der Waals surface area contributed by atoms with Crippen molar-refractivity contribution in [3.8, 4) is 17.2 Å². The van der Waals surface area contributed by atoms with Gasteiger partial charge in [-0.2, -0.15) is 0 Å². The summed E-state index contributed by atoms with van der Waals surface area (Å²) < 4.78 is 9.67. The van der Waals surface area contributed by atoms with Gasteiger partial charge >= 0.3 is 11.9 Å². The van der Waals surface area contributed by atoms with E-state index in [-0.39, 0.29) is 56.5 Å². The molecule has 3 rings (SSSR count). The molecule has 0 radical (unpaired) electrons. The highest BCUT2D eigenvalue weighted by atomic mass is 16.5. The van der Waals surface area contributed by atoms with E-state index in [1.807, 2.05) is 50.2 Å². The molecule has 210 valence electrons. The van der Waals surface area contributed by atoms with Gasteiger partial charge in [-0.3, -0.25) is 9.59 Å². The molecule has 1 N–H and O–H groups in total. The van der Waals surface area contributed by atoms with Gasteiger partial charge in [-0.25, -0.2) is 0 Å². The highest BCUT2D eigenvalue weighted by Gasteiger charge is 1.96. The Morgan fingerprint density at radius 2 is 0.919 bits per heavy atom. The van der Waals surface area contributed by atoms with Crippen molar-refractivity contribution in [2.45, 2.75) is 72.3 Å². The van der Waals surface area contributed by atoms with Gasteiger partial charge in [0.1, 0.15) is 17.2 Å². The van der Waals surface area contributed by atoms with E-state index >= 15 is 0 Å². The summed E-state index contributed by atoms with van der Waals surface area (Å²) in [5, 5.41) is 8.76. The van der Waals surface area contributed by atoms with E-state index in [0.29, 0.717) is 17.2 Å². The Labute approximate surface area is 227 Å². The maximum Gasteiger partial charge on any atom is 0.308 e. The molecule has 0 amide bonds. The minimum Gasteiger partial charge on any atom is -0.508 e. The van der Waals surface area contributed by atoms with Crippen LogP contribution in [0.5, 0.6) is 17.2 Å². The molecule has 0 saturated carbocycles. The summed E-state index contributed by atoms with van der Waals surface area (Å²) in [6, 6.07) is 21.6. The van der Waals surface area contributed by atoms with E-state index in [1.165, 1.54) is 19.4 Å². The van der Waals surface area contributed by atoms with Crippen LogP contribution in [-0.4, -0.2) is 17.0 Å². The third-order valence-electron chi connectivity index (χ3n) is 3.69. The maximum atomic E-state index is 10.5. The second kappa shape index (κ2) is 25.2. The van der Waals surface area contributed by atoms with Gasteiger partial charge in [-0.15, -0.1) is 0 Å². The monoisotopic (exact) mass is 516 g/mol. The molecule has 0 unspecified atom stereocenters. The quantitative estimate of drug-likeness (QED) is 0.277. The third-order valence-corrected chi connectivity index (χ3v) is 3.69. The number of aryl methyl sites for hydroxylation is 2. The summed E-state index contributed by atoms with van der Waals surface area (Å²) in [7, 11) is 0. The lowest BCUT2D eigenvalue weighted by Gasteiger charge is -1.99. The van der Waals surface area contributed by atoms with Crippen LogP contribution in [-0.2, 0) is 9.59 Å². The van der Waals surface area contributed by atoms with Crippen LogP contribution < -0.4 is 9.47 Å². The van der Waals surface area contributed by atoms with E-state index in [0.717, 1.165) is 11.1 Å². The molecular formula is C32H52O5. The molecule has 0 bridgehead atoms. The van der Waals surface area contributed by atoms with E-state index < -0.39 is 0 Å². The van der Waals surface area contributed by atoms with Crippen LogP contribution in [0.2, 0.25) is 0 Å². The number of hydrogen-bond acceptors (Lipinski definition) is 5. The molecule has 0 saturated heterocycles. The minimum absolute atomic E-state index is 0. The zero-order valence-corrected chi connectivity index (χ0v) is 18.3. The average Bonchev–Trinajstić information content (AvgIpc) is 2.73. The van der Waals surface area contributed by atoms with Gasteiger partial charge in [0.05, 0.1) is 0 Å². The van der Waals surface area contributed by atoms with Gasteiger partial charge in [0.15, 0.2) is 0 Å². The number of esters is 2. The Balaban J connectivity index is -0.0000000914. The molecule has 0 atom stereocenters. The Morgan fingerprint density at radius 3 is 1.19 bits per heavy atom. The lowest BCUT2D eigenvalue weighted by Crippen LogP contribution is -2.00. The average molecular weight is 517 g/mol. The standard InChI is InChI=1S/C10H10O2.C9H10O2.C7H8O.6CH4/c1-3-9-4-6-10(7-5-9)12-8(2)11;1-7-3-5-9(6-4-7)11-8(2)10;1-6-2-4-7(8)5-3-6;;;;;;/h3-7H,1H2,2H3;3-6H,1-2H3;2-5,8H,1H3;6*1H4. The number of rotatable bonds is 3. The Hall–Kier alpha value is -3.86. The van der Waals surface area contributed by atoms with Crippen LogP contribution >= 0.6 is 0 Å².